The second kappa shape index (κ2) is 7.02. The van der Waals surface area contributed by atoms with Gasteiger partial charge in [0, 0.05) is 31.8 Å². The molecule has 2 unspecified atom stereocenters. The first kappa shape index (κ1) is 18.3. The number of hydrogen-bond acceptors (Lipinski definition) is 9. The van der Waals surface area contributed by atoms with E-state index in [9.17, 15) is 14.4 Å². The van der Waals surface area contributed by atoms with Crippen molar-refractivity contribution in [3.8, 4) is 0 Å². The molecule has 2 bridgehead atoms. The van der Waals surface area contributed by atoms with Crippen LogP contribution >= 0.6 is 0 Å². The zero-order chi connectivity index (χ0) is 18.9. The molecular formula is C17H19NO8. The third-order valence-electron chi connectivity index (χ3n) is 4.51. The van der Waals surface area contributed by atoms with Gasteiger partial charge in [0.15, 0.2) is 12.5 Å². The molecule has 0 aromatic heterocycles. The Hall–Kier alpha value is -2.49. The van der Waals surface area contributed by atoms with Crippen LogP contribution < -0.4 is 5.32 Å². The highest BCUT2D eigenvalue weighted by molar-refractivity contribution is 6.29. The first-order valence-electron chi connectivity index (χ1n) is 7.90. The zero-order valence-corrected chi connectivity index (χ0v) is 14.6. The minimum absolute atomic E-state index is 0.148. The molecule has 3 rings (SSSR count). The van der Waals surface area contributed by atoms with Crippen molar-refractivity contribution in [3.05, 3.63) is 34.9 Å². The summed E-state index contributed by atoms with van der Waals surface area (Å²) in [6, 6.07) is 5.21. The second-order valence-electron chi connectivity index (χ2n) is 5.88. The molecule has 26 heavy (non-hydrogen) atoms. The molecule has 1 saturated heterocycles. The maximum absolute atomic E-state index is 11.8. The number of nitrogens with one attached hydrogen (secondary N) is 1. The number of carbonyl (C=O) groups excluding carboxylic acids is 3. The van der Waals surface area contributed by atoms with Crippen LogP contribution in [0.2, 0.25) is 0 Å². The topological polar surface area (TPSA) is 109 Å². The van der Waals surface area contributed by atoms with Crippen molar-refractivity contribution in [2.24, 2.45) is 0 Å². The zero-order valence-electron chi connectivity index (χ0n) is 14.6. The van der Waals surface area contributed by atoms with Crippen molar-refractivity contribution in [1.29, 1.82) is 0 Å². The van der Waals surface area contributed by atoms with Gasteiger partial charge < -0.3 is 23.7 Å². The molecule has 0 amide bonds. The van der Waals surface area contributed by atoms with Gasteiger partial charge in [0.2, 0.25) is 5.79 Å². The van der Waals surface area contributed by atoms with Crippen LogP contribution in [0.3, 0.4) is 0 Å². The molecule has 2 aliphatic rings. The van der Waals surface area contributed by atoms with Crippen molar-refractivity contribution in [2.75, 3.05) is 21.3 Å². The van der Waals surface area contributed by atoms with Gasteiger partial charge >= 0.3 is 17.9 Å². The summed E-state index contributed by atoms with van der Waals surface area (Å²) in [6.45, 7) is 0. The third kappa shape index (κ3) is 3.16. The summed E-state index contributed by atoms with van der Waals surface area (Å²) in [5.41, 5.74) is 2.06. The molecule has 1 aromatic rings. The number of ether oxygens (including phenoxy) is 5. The van der Waals surface area contributed by atoms with E-state index in [1.165, 1.54) is 21.3 Å². The molecule has 2 aliphatic heterocycles. The van der Waals surface area contributed by atoms with E-state index in [0.29, 0.717) is 17.5 Å². The molecule has 1 aromatic carbocycles. The molecule has 2 heterocycles. The summed E-state index contributed by atoms with van der Waals surface area (Å²) in [6.07, 6.45) is -1.31. The van der Waals surface area contributed by atoms with Gasteiger partial charge in [0.05, 0.1) is 7.11 Å². The lowest BCUT2D eigenvalue weighted by Crippen LogP contribution is -2.41. The molecule has 0 aliphatic carbocycles. The minimum Gasteiger partial charge on any atom is -0.469 e. The predicted molar refractivity (Wildman–Crippen MR) is 84.3 cm³/mol. The monoisotopic (exact) mass is 365 g/mol. The van der Waals surface area contributed by atoms with Crippen LogP contribution in [0.5, 0.6) is 0 Å². The van der Waals surface area contributed by atoms with Crippen LogP contribution in [-0.2, 0) is 50.3 Å². The number of carbonyl (C=O) groups is 3. The summed E-state index contributed by atoms with van der Waals surface area (Å²) in [7, 11) is 4.14. The van der Waals surface area contributed by atoms with E-state index >= 15 is 0 Å². The molecular weight excluding hydrogens is 346 g/mol. The van der Waals surface area contributed by atoms with E-state index in [-0.39, 0.29) is 6.42 Å². The van der Waals surface area contributed by atoms with E-state index < -0.39 is 36.2 Å². The van der Waals surface area contributed by atoms with Crippen molar-refractivity contribution >= 4 is 17.9 Å². The van der Waals surface area contributed by atoms with Gasteiger partial charge in [0.1, 0.15) is 6.42 Å². The van der Waals surface area contributed by atoms with Gasteiger partial charge in [-0.3, -0.25) is 4.79 Å². The van der Waals surface area contributed by atoms with E-state index in [2.05, 4.69) is 5.32 Å². The van der Waals surface area contributed by atoms with Gasteiger partial charge in [-0.25, -0.2) is 14.9 Å². The maximum Gasteiger partial charge on any atom is 0.419 e. The highest BCUT2D eigenvalue weighted by Gasteiger charge is 2.40. The van der Waals surface area contributed by atoms with Crippen molar-refractivity contribution in [3.63, 3.8) is 0 Å². The molecule has 9 heteroatoms. The second-order valence-corrected chi connectivity index (χ2v) is 5.88. The third-order valence-corrected chi connectivity index (χ3v) is 4.51. The molecule has 0 saturated carbocycles. The number of fused-ring (bicyclic) bond motifs is 4. The van der Waals surface area contributed by atoms with Gasteiger partial charge in [0.25, 0.3) is 0 Å². The van der Waals surface area contributed by atoms with Crippen LogP contribution in [0, 0.1) is 0 Å². The molecule has 0 radical (unpaired) electrons. The van der Waals surface area contributed by atoms with Gasteiger partial charge in [-0.2, -0.15) is 0 Å². The van der Waals surface area contributed by atoms with Gasteiger partial charge in [-0.15, -0.1) is 0 Å². The number of hydrogen-bond donors (Lipinski definition) is 1. The van der Waals surface area contributed by atoms with Crippen molar-refractivity contribution < 1.29 is 38.1 Å². The molecule has 9 nitrogen and oxygen atoms in total. The van der Waals surface area contributed by atoms with Crippen LogP contribution in [0.25, 0.3) is 0 Å². The van der Waals surface area contributed by atoms with Crippen LogP contribution in [-0.4, -0.2) is 45.5 Å². The molecule has 2 atom stereocenters. The molecule has 1 fully saturated rings. The predicted octanol–water partition coefficient (Wildman–Crippen LogP) is 0.266. The summed E-state index contributed by atoms with van der Waals surface area (Å²) < 4.78 is 25.9. The Morgan fingerprint density at radius 2 is 1.88 bits per heavy atom. The largest absolute Gasteiger partial charge is 0.469 e. The SMILES string of the molecule is COC(=O)CC(OC)(OC)c1ccc2c(c1)CC1NC2OC(=O)C(=O)O1. The van der Waals surface area contributed by atoms with Crippen molar-refractivity contribution in [2.45, 2.75) is 31.1 Å². The highest BCUT2D eigenvalue weighted by atomic mass is 16.7. The number of methoxy groups -OCH3 is 3. The Kier molecular flexibility index (Phi) is 4.94. The quantitative estimate of drug-likeness (QED) is 0.340. The van der Waals surface area contributed by atoms with E-state index in [0.717, 1.165) is 5.56 Å². The Balaban J connectivity index is 1.98. The van der Waals surface area contributed by atoms with Crippen molar-refractivity contribution in [1.82, 2.24) is 5.32 Å². The number of rotatable bonds is 5. The fraction of sp³-hybridized carbons (Fsp3) is 0.471. The summed E-state index contributed by atoms with van der Waals surface area (Å²) >= 11 is 0. The smallest absolute Gasteiger partial charge is 0.419 e. The summed E-state index contributed by atoms with van der Waals surface area (Å²) in [4.78, 5) is 34.9. The lowest BCUT2D eigenvalue weighted by Gasteiger charge is -2.33. The Morgan fingerprint density at radius 1 is 1.19 bits per heavy atom. The summed E-state index contributed by atoms with van der Waals surface area (Å²) in [5, 5.41) is 2.94. The van der Waals surface area contributed by atoms with Crippen LogP contribution in [0.4, 0.5) is 0 Å². The fourth-order valence-electron chi connectivity index (χ4n) is 3.13. The lowest BCUT2D eigenvalue weighted by atomic mass is 9.92. The van der Waals surface area contributed by atoms with E-state index in [1.54, 1.807) is 18.2 Å². The Labute approximate surface area is 149 Å². The lowest BCUT2D eigenvalue weighted by molar-refractivity contribution is -0.224. The standard InChI is InChI=1S/C17H19NO8/c1-22-13(19)8-17(23-2,24-3)10-4-5-11-9(6-10)7-12-18-14(11)26-16(21)15(20)25-12/h4-6,12,14,18H,7-8H2,1-3H3. The van der Waals surface area contributed by atoms with Gasteiger partial charge in [-0.1, -0.05) is 12.1 Å². The van der Waals surface area contributed by atoms with Gasteiger partial charge in [-0.05, 0) is 11.6 Å². The Morgan fingerprint density at radius 3 is 2.54 bits per heavy atom. The van der Waals surface area contributed by atoms with Crippen LogP contribution in [0.1, 0.15) is 29.3 Å². The molecule has 140 valence electrons. The van der Waals surface area contributed by atoms with E-state index in [1.807, 2.05) is 0 Å². The maximum atomic E-state index is 11.8. The average molecular weight is 365 g/mol. The minimum atomic E-state index is -1.33. The normalized spacial score (nSPS) is 22.0. The molecule has 0 spiro atoms. The highest BCUT2D eigenvalue weighted by Crippen LogP contribution is 2.35. The first-order chi connectivity index (χ1) is 12.4. The average Bonchev–Trinajstić information content (AvgIpc) is 2.75. The fourth-order valence-corrected chi connectivity index (χ4v) is 3.13. The summed E-state index contributed by atoms with van der Waals surface area (Å²) in [5.74, 6) is -3.90. The van der Waals surface area contributed by atoms with E-state index in [4.69, 9.17) is 23.7 Å². The number of benzene rings is 1. The first-order valence-corrected chi connectivity index (χ1v) is 7.90. The number of esters is 3. The van der Waals surface area contributed by atoms with Crippen LogP contribution in [0.15, 0.2) is 18.2 Å². The Bertz CT molecular complexity index is 742. The molecule has 1 N–H and O–H groups in total.